The van der Waals surface area contributed by atoms with Crippen molar-refractivity contribution >= 4 is 23.2 Å². The Morgan fingerprint density at radius 2 is 1.84 bits per heavy atom. The Morgan fingerprint density at radius 3 is 2.52 bits per heavy atom. The van der Waals surface area contributed by atoms with Crippen LogP contribution in [0, 0.1) is 6.92 Å². The van der Waals surface area contributed by atoms with Gasteiger partial charge in [-0.2, -0.15) is 5.10 Å². The predicted octanol–water partition coefficient (Wildman–Crippen LogP) is 3.55. The molecule has 0 spiro atoms. The van der Waals surface area contributed by atoms with E-state index in [1.165, 1.54) is 10.7 Å². The highest BCUT2D eigenvalue weighted by molar-refractivity contribution is 6.30. The molecule has 8 heteroatoms. The Kier molecular flexibility index (Phi) is 5.62. The average molecular weight is 441 g/mol. The fourth-order valence-electron chi connectivity index (χ4n) is 3.92. The quantitative estimate of drug-likeness (QED) is 0.620. The van der Waals surface area contributed by atoms with E-state index in [4.69, 9.17) is 16.0 Å². The van der Waals surface area contributed by atoms with E-state index in [0.717, 1.165) is 11.3 Å². The molecular formula is C23H25ClN4O3. The fourth-order valence-corrected chi connectivity index (χ4v) is 4.08. The van der Waals surface area contributed by atoms with Crippen LogP contribution in [0.2, 0.25) is 5.02 Å². The summed E-state index contributed by atoms with van der Waals surface area (Å²) < 4.78 is 6.64. The van der Waals surface area contributed by atoms with Gasteiger partial charge in [0.2, 0.25) is 5.91 Å². The third-order valence-electron chi connectivity index (χ3n) is 5.71. The number of rotatable bonds is 4. The van der Waals surface area contributed by atoms with Crippen molar-refractivity contribution in [1.29, 1.82) is 0 Å². The topological polar surface area (TPSA) is 71.6 Å². The highest BCUT2D eigenvalue weighted by atomic mass is 35.5. The zero-order valence-electron chi connectivity index (χ0n) is 17.8. The Labute approximate surface area is 185 Å². The maximum atomic E-state index is 13.4. The van der Waals surface area contributed by atoms with Gasteiger partial charge < -0.3 is 14.2 Å². The van der Waals surface area contributed by atoms with Crippen LogP contribution >= 0.6 is 11.6 Å². The van der Waals surface area contributed by atoms with Gasteiger partial charge in [0.1, 0.15) is 11.2 Å². The molecule has 1 aliphatic rings. The van der Waals surface area contributed by atoms with E-state index in [1.807, 2.05) is 18.2 Å². The number of aryl methyl sites for hydroxylation is 1. The SMILES string of the molecule is Cc1ccc(Cl)cc1N1CCN(C(=O)C(C)(C)n2nc(-c3ccco3)ccc2=O)CC1. The van der Waals surface area contributed by atoms with Crippen LogP contribution in [0.5, 0.6) is 0 Å². The third kappa shape index (κ3) is 4.10. The van der Waals surface area contributed by atoms with Gasteiger partial charge in [-0.1, -0.05) is 17.7 Å². The molecule has 0 saturated carbocycles. The van der Waals surface area contributed by atoms with Crippen LogP contribution in [-0.2, 0) is 10.3 Å². The van der Waals surface area contributed by atoms with Crippen molar-refractivity contribution in [3.05, 3.63) is 69.7 Å². The van der Waals surface area contributed by atoms with E-state index in [2.05, 4.69) is 16.9 Å². The van der Waals surface area contributed by atoms with E-state index in [-0.39, 0.29) is 11.5 Å². The van der Waals surface area contributed by atoms with Crippen LogP contribution in [-0.4, -0.2) is 46.8 Å². The summed E-state index contributed by atoms with van der Waals surface area (Å²) in [5.74, 6) is 0.406. The molecule has 0 bridgehead atoms. The van der Waals surface area contributed by atoms with Crippen molar-refractivity contribution in [2.75, 3.05) is 31.1 Å². The lowest BCUT2D eigenvalue weighted by molar-refractivity contribution is -0.140. The molecule has 1 aliphatic heterocycles. The zero-order chi connectivity index (χ0) is 22.2. The van der Waals surface area contributed by atoms with Crippen LogP contribution in [0.4, 0.5) is 5.69 Å². The molecule has 1 aromatic carbocycles. The maximum Gasteiger partial charge on any atom is 0.267 e. The molecule has 0 aliphatic carbocycles. The van der Waals surface area contributed by atoms with Crippen LogP contribution in [0.3, 0.4) is 0 Å². The normalized spacial score (nSPS) is 14.7. The molecule has 0 radical (unpaired) electrons. The summed E-state index contributed by atoms with van der Waals surface area (Å²) in [5, 5.41) is 5.12. The first-order valence-electron chi connectivity index (χ1n) is 10.2. The number of hydrogen-bond acceptors (Lipinski definition) is 5. The minimum absolute atomic E-state index is 0.138. The van der Waals surface area contributed by atoms with E-state index in [1.54, 1.807) is 43.2 Å². The second kappa shape index (κ2) is 8.23. The molecule has 162 valence electrons. The van der Waals surface area contributed by atoms with Crippen molar-refractivity contribution in [2.45, 2.75) is 26.3 Å². The standard InChI is InChI=1S/C23H25ClN4O3/c1-16-6-7-17(24)15-19(16)26-10-12-27(13-11-26)22(30)23(2,3)28-21(29)9-8-18(25-28)20-5-4-14-31-20/h4-9,14-15H,10-13H2,1-3H3. The highest BCUT2D eigenvalue weighted by Gasteiger charge is 2.37. The Balaban J connectivity index is 1.53. The van der Waals surface area contributed by atoms with E-state index in [9.17, 15) is 9.59 Å². The van der Waals surface area contributed by atoms with Crippen molar-refractivity contribution in [2.24, 2.45) is 0 Å². The number of hydrogen-bond donors (Lipinski definition) is 0. The molecule has 4 rings (SSSR count). The lowest BCUT2D eigenvalue weighted by Gasteiger charge is -2.40. The van der Waals surface area contributed by atoms with Gasteiger partial charge in [-0.15, -0.1) is 0 Å². The van der Waals surface area contributed by atoms with Crippen molar-refractivity contribution in [3.8, 4) is 11.5 Å². The highest BCUT2D eigenvalue weighted by Crippen LogP contribution is 2.26. The molecule has 1 saturated heterocycles. The Bertz CT molecular complexity index is 1150. The van der Waals surface area contributed by atoms with Crippen LogP contribution in [0.1, 0.15) is 19.4 Å². The lowest BCUT2D eigenvalue weighted by Crippen LogP contribution is -2.56. The second-order valence-electron chi connectivity index (χ2n) is 8.21. The predicted molar refractivity (Wildman–Crippen MR) is 121 cm³/mol. The van der Waals surface area contributed by atoms with Gasteiger partial charge in [0.25, 0.3) is 5.56 Å². The van der Waals surface area contributed by atoms with Gasteiger partial charge >= 0.3 is 0 Å². The fraction of sp³-hybridized carbons (Fsp3) is 0.348. The first-order valence-corrected chi connectivity index (χ1v) is 10.6. The van der Waals surface area contributed by atoms with E-state index < -0.39 is 5.54 Å². The summed E-state index contributed by atoms with van der Waals surface area (Å²) in [4.78, 5) is 30.0. The number of benzene rings is 1. The monoisotopic (exact) mass is 440 g/mol. The molecule has 3 heterocycles. The average Bonchev–Trinajstić information content (AvgIpc) is 3.30. The van der Waals surface area contributed by atoms with Gasteiger partial charge in [0.15, 0.2) is 5.76 Å². The molecule has 31 heavy (non-hydrogen) atoms. The number of carbonyl (C=O) groups excluding carboxylic acids is 1. The number of furan rings is 1. The van der Waals surface area contributed by atoms with Gasteiger partial charge in [-0.05, 0) is 56.7 Å². The molecule has 0 unspecified atom stereocenters. The summed E-state index contributed by atoms with van der Waals surface area (Å²) >= 11 is 6.17. The molecule has 7 nitrogen and oxygen atoms in total. The minimum Gasteiger partial charge on any atom is -0.463 e. The van der Waals surface area contributed by atoms with Crippen molar-refractivity contribution < 1.29 is 9.21 Å². The van der Waals surface area contributed by atoms with Crippen LogP contribution in [0.15, 0.2) is 57.9 Å². The molecule has 1 fully saturated rings. The Morgan fingerprint density at radius 1 is 1.10 bits per heavy atom. The Hall–Kier alpha value is -3.06. The van der Waals surface area contributed by atoms with E-state index in [0.29, 0.717) is 42.7 Å². The number of carbonyl (C=O) groups is 1. The lowest BCUT2D eigenvalue weighted by atomic mass is 10.0. The summed E-state index contributed by atoms with van der Waals surface area (Å²) in [6.45, 7) is 8.00. The smallest absolute Gasteiger partial charge is 0.267 e. The molecular weight excluding hydrogens is 416 g/mol. The summed E-state index contributed by atoms with van der Waals surface area (Å²) in [7, 11) is 0. The molecule has 0 N–H and O–H groups in total. The summed E-state index contributed by atoms with van der Waals surface area (Å²) in [5.41, 5.74) is 1.28. The first-order chi connectivity index (χ1) is 14.8. The molecule has 0 atom stereocenters. The number of piperazine rings is 1. The number of amides is 1. The largest absolute Gasteiger partial charge is 0.463 e. The number of halogens is 1. The molecule has 1 amide bonds. The van der Waals surface area contributed by atoms with Crippen LogP contribution in [0.25, 0.3) is 11.5 Å². The van der Waals surface area contributed by atoms with Gasteiger partial charge in [0, 0.05) is 43.0 Å². The van der Waals surface area contributed by atoms with Gasteiger partial charge in [-0.25, -0.2) is 4.68 Å². The number of nitrogens with zero attached hydrogens (tertiary/aromatic N) is 4. The molecule has 2 aromatic heterocycles. The van der Waals surface area contributed by atoms with Gasteiger partial charge in [-0.3, -0.25) is 9.59 Å². The zero-order valence-corrected chi connectivity index (χ0v) is 18.6. The minimum atomic E-state index is -1.13. The van der Waals surface area contributed by atoms with Crippen LogP contribution < -0.4 is 10.5 Å². The van der Waals surface area contributed by atoms with Crippen molar-refractivity contribution in [1.82, 2.24) is 14.7 Å². The summed E-state index contributed by atoms with van der Waals surface area (Å²) in [6, 6.07) is 12.4. The number of aromatic nitrogens is 2. The molecule has 3 aromatic rings. The number of anilines is 1. The third-order valence-corrected chi connectivity index (χ3v) is 5.94. The maximum absolute atomic E-state index is 13.4. The van der Waals surface area contributed by atoms with Gasteiger partial charge in [0.05, 0.1) is 6.26 Å². The second-order valence-corrected chi connectivity index (χ2v) is 8.65. The first kappa shape index (κ1) is 21.2. The van der Waals surface area contributed by atoms with Crippen molar-refractivity contribution in [3.63, 3.8) is 0 Å². The van der Waals surface area contributed by atoms with E-state index >= 15 is 0 Å². The summed E-state index contributed by atoms with van der Waals surface area (Å²) in [6.07, 6.45) is 1.55.